The van der Waals surface area contributed by atoms with E-state index in [0.717, 1.165) is 44.5 Å². The van der Waals surface area contributed by atoms with Crippen molar-refractivity contribution < 1.29 is 0 Å². The molecule has 28 heavy (non-hydrogen) atoms. The van der Waals surface area contributed by atoms with E-state index in [1.807, 2.05) is 7.05 Å². The predicted molar refractivity (Wildman–Crippen MR) is 129 cm³/mol. The Morgan fingerprint density at radius 2 is 1.96 bits per heavy atom. The first-order valence-corrected chi connectivity index (χ1v) is 10.5. The second-order valence-electron chi connectivity index (χ2n) is 8.37. The van der Waals surface area contributed by atoms with Crippen molar-refractivity contribution in [2.45, 2.75) is 70.2 Å². The fraction of sp³-hybridized carbons (Fsp3) is 0.682. The first kappa shape index (κ1) is 23.4. The fourth-order valence-corrected chi connectivity index (χ4v) is 4.02. The zero-order valence-electron chi connectivity index (χ0n) is 17.9. The number of nitrogens with one attached hydrogen (secondary N) is 2. The van der Waals surface area contributed by atoms with Crippen LogP contribution in [0.3, 0.4) is 0 Å². The summed E-state index contributed by atoms with van der Waals surface area (Å²) in [6.07, 6.45) is 5.03. The third kappa shape index (κ3) is 6.88. The van der Waals surface area contributed by atoms with Gasteiger partial charge in [0.05, 0.1) is 0 Å². The zero-order chi connectivity index (χ0) is 19.2. The summed E-state index contributed by atoms with van der Waals surface area (Å²) in [7, 11) is 4.11. The van der Waals surface area contributed by atoms with Crippen LogP contribution < -0.4 is 10.6 Å². The molecule has 3 rings (SSSR count). The smallest absolute Gasteiger partial charge is 0.191 e. The number of guanidine groups is 1. The molecule has 0 aromatic heterocycles. The zero-order valence-corrected chi connectivity index (χ0v) is 20.2. The average Bonchev–Trinajstić information content (AvgIpc) is 3.52. The van der Waals surface area contributed by atoms with E-state index in [0.29, 0.717) is 18.1 Å². The van der Waals surface area contributed by atoms with Gasteiger partial charge in [0, 0.05) is 50.8 Å². The second kappa shape index (κ2) is 11.4. The first-order chi connectivity index (χ1) is 13.1. The van der Waals surface area contributed by atoms with Gasteiger partial charge in [-0.05, 0) is 52.1 Å². The molecule has 0 spiro atoms. The Morgan fingerprint density at radius 3 is 2.57 bits per heavy atom. The summed E-state index contributed by atoms with van der Waals surface area (Å²) in [5, 5.41) is 7.18. The van der Waals surface area contributed by atoms with Crippen molar-refractivity contribution in [3.63, 3.8) is 0 Å². The van der Waals surface area contributed by atoms with Crippen LogP contribution in [0.15, 0.2) is 35.3 Å². The number of hydrogen-bond acceptors (Lipinski definition) is 3. The lowest BCUT2D eigenvalue weighted by Gasteiger charge is -2.38. The van der Waals surface area contributed by atoms with Gasteiger partial charge in [-0.3, -0.25) is 14.8 Å². The van der Waals surface area contributed by atoms with Crippen molar-refractivity contribution in [1.29, 1.82) is 0 Å². The number of rotatable bonds is 7. The van der Waals surface area contributed by atoms with Gasteiger partial charge in [0.2, 0.25) is 0 Å². The van der Waals surface area contributed by atoms with Gasteiger partial charge in [0.25, 0.3) is 0 Å². The van der Waals surface area contributed by atoms with Crippen molar-refractivity contribution in [3.05, 3.63) is 35.9 Å². The molecule has 0 radical (unpaired) electrons. The molecular weight excluding hydrogens is 461 g/mol. The summed E-state index contributed by atoms with van der Waals surface area (Å²) in [6, 6.07) is 13.2. The van der Waals surface area contributed by atoms with Crippen LogP contribution in [0.25, 0.3) is 0 Å². The molecule has 1 saturated carbocycles. The van der Waals surface area contributed by atoms with E-state index in [1.54, 1.807) is 0 Å². The number of halogens is 1. The van der Waals surface area contributed by atoms with Crippen LogP contribution >= 0.6 is 24.0 Å². The van der Waals surface area contributed by atoms with Gasteiger partial charge >= 0.3 is 0 Å². The lowest BCUT2D eigenvalue weighted by molar-refractivity contribution is 0.134. The minimum absolute atomic E-state index is 0. The molecule has 1 aliphatic heterocycles. The third-order valence-electron chi connectivity index (χ3n) is 6.19. The number of aliphatic imine (C=N–C) groups is 1. The number of benzene rings is 1. The molecule has 158 valence electrons. The quantitative estimate of drug-likeness (QED) is 0.343. The minimum Gasteiger partial charge on any atom is -0.355 e. The van der Waals surface area contributed by atoms with Gasteiger partial charge in [-0.2, -0.15) is 0 Å². The van der Waals surface area contributed by atoms with E-state index >= 15 is 0 Å². The average molecular weight is 499 g/mol. The van der Waals surface area contributed by atoms with Crippen LogP contribution in [0.2, 0.25) is 0 Å². The summed E-state index contributed by atoms with van der Waals surface area (Å²) in [6.45, 7) is 7.76. The van der Waals surface area contributed by atoms with E-state index in [1.165, 1.54) is 18.4 Å². The van der Waals surface area contributed by atoms with Crippen molar-refractivity contribution >= 4 is 29.9 Å². The highest BCUT2D eigenvalue weighted by Gasteiger charge is 2.29. The highest BCUT2D eigenvalue weighted by Crippen LogP contribution is 2.26. The second-order valence-corrected chi connectivity index (χ2v) is 8.37. The SMILES string of the molecule is CN=C(NCC(C)N(C)C1CC1)NC1CCN(Cc2ccccc2)C(C)C1.I. The maximum Gasteiger partial charge on any atom is 0.191 e. The molecule has 1 aliphatic carbocycles. The van der Waals surface area contributed by atoms with Crippen LogP contribution in [0.4, 0.5) is 0 Å². The number of piperidine rings is 1. The lowest BCUT2D eigenvalue weighted by Crippen LogP contribution is -2.52. The molecule has 0 amide bonds. The van der Waals surface area contributed by atoms with Gasteiger partial charge < -0.3 is 10.6 Å². The highest BCUT2D eigenvalue weighted by atomic mass is 127. The molecule has 1 aromatic rings. The maximum absolute atomic E-state index is 4.45. The van der Waals surface area contributed by atoms with Gasteiger partial charge in [0.15, 0.2) is 5.96 Å². The number of likely N-dealkylation sites (tertiary alicyclic amines) is 1. The van der Waals surface area contributed by atoms with Crippen molar-refractivity contribution in [3.8, 4) is 0 Å². The molecule has 2 aliphatic rings. The largest absolute Gasteiger partial charge is 0.355 e. The van der Waals surface area contributed by atoms with Gasteiger partial charge in [0.1, 0.15) is 0 Å². The molecule has 3 unspecified atom stereocenters. The molecule has 0 bridgehead atoms. The summed E-state index contributed by atoms with van der Waals surface area (Å²) in [5.74, 6) is 0.944. The third-order valence-corrected chi connectivity index (χ3v) is 6.19. The van der Waals surface area contributed by atoms with E-state index in [2.05, 4.69) is 76.7 Å². The van der Waals surface area contributed by atoms with Gasteiger partial charge in [-0.15, -0.1) is 24.0 Å². The van der Waals surface area contributed by atoms with E-state index < -0.39 is 0 Å². The van der Waals surface area contributed by atoms with Crippen LogP contribution in [0.5, 0.6) is 0 Å². The summed E-state index contributed by atoms with van der Waals surface area (Å²) in [4.78, 5) is 9.53. The van der Waals surface area contributed by atoms with Crippen LogP contribution in [0, 0.1) is 0 Å². The molecule has 1 heterocycles. The normalized spacial score (nSPS) is 24.5. The van der Waals surface area contributed by atoms with Crippen LogP contribution in [-0.4, -0.2) is 67.1 Å². The number of nitrogens with zero attached hydrogens (tertiary/aromatic N) is 3. The predicted octanol–water partition coefficient (Wildman–Crippen LogP) is 3.31. The monoisotopic (exact) mass is 499 g/mol. The molecule has 5 nitrogen and oxygen atoms in total. The number of likely N-dealkylation sites (N-methyl/N-ethyl adjacent to an activating group) is 1. The Kier molecular flexibility index (Phi) is 9.50. The Labute approximate surface area is 188 Å². The van der Waals surface area contributed by atoms with Gasteiger partial charge in [-0.25, -0.2) is 0 Å². The first-order valence-electron chi connectivity index (χ1n) is 10.5. The summed E-state index contributed by atoms with van der Waals surface area (Å²) < 4.78 is 0. The highest BCUT2D eigenvalue weighted by molar-refractivity contribution is 14.0. The van der Waals surface area contributed by atoms with Crippen molar-refractivity contribution in [2.24, 2.45) is 4.99 Å². The molecule has 1 aromatic carbocycles. The summed E-state index contributed by atoms with van der Waals surface area (Å²) in [5.41, 5.74) is 1.40. The number of hydrogen-bond donors (Lipinski definition) is 2. The lowest BCUT2D eigenvalue weighted by atomic mass is 9.97. The Balaban J connectivity index is 0.00000280. The Morgan fingerprint density at radius 1 is 1.25 bits per heavy atom. The Hall–Kier alpha value is -0.860. The molecule has 3 atom stereocenters. The van der Waals surface area contributed by atoms with Gasteiger partial charge in [-0.1, -0.05) is 30.3 Å². The minimum atomic E-state index is 0. The fourth-order valence-electron chi connectivity index (χ4n) is 4.02. The molecule has 2 fully saturated rings. The van der Waals surface area contributed by atoms with Crippen LogP contribution in [0.1, 0.15) is 45.1 Å². The molecule has 1 saturated heterocycles. The van der Waals surface area contributed by atoms with Crippen molar-refractivity contribution in [1.82, 2.24) is 20.4 Å². The topological polar surface area (TPSA) is 42.9 Å². The van der Waals surface area contributed by atoms with E-state index in [-0.39, 0.29) is 24.0 Å². The molecule has 2 N–H and O–H groups in total. The van der Waals surface area contributed by atoms with E-state index in [9.17, 15) is 0 Å². The summed E-state index contributed by atoms with van der Waals surface area (Å²) >= 11 is 0. The van der Waals surface area contributed by atoms with E-state index in [4.69, 9.17) is 0 Å². The molecule has 6 heteroatoms. The van der Waals surface area contributed by atoms with Crippen molar-refractivity contribution in [2.75, 3.05) is 27.2 Å². The standard InChI is InChI=1S/C22H37N5.HI/c1-17-14-20(12-13-27(17)16-19-8-6-5-7-9-19)25-22(23-3)24-15-18(2)26(4)21-10-11-21;/h5-9,17-18,20-21H,10-16H2,1-4H3,(H2,23,24,25);1H. The Bertz CT molecular complexity index is 604. The molecular formula is C22H38IN5. The van der Waals surface area contributed by atoms with Crippen LogP contribution in [-0.2, 0) is 6.54 Å². The maximum atomic E-state index is 4.45.